The third kappa shape index (κ3) is 1.92. The molecular formula is C14H16N4. The van der Waals surface area contributed by atoms with E-state index in [1.807, 2.05) is 18.6 Å². The van der Waals surface area contributed by atoms with E-state index < -0.39 is 0 Å². The summed E-state index contributed by atoms with van der Waals surface area (Å²) in [6.45, 7) is 1.03. The lowest BCUT2D eigenvalue weighted by molar-refractivity contribution is 0.568. The second kappa shape index (κ2) is 3.90. The normalized spacial score (nSPS) is 19.1. The van der Waals surface area contributed by atoms with Crippen molar-refractivity contribution in [3.8, 4) is 11.3 Å². The molecule has 2 aliphatic rings. The summed E-state index contributed by atoms with van der Waals surface area (Å²) in [5.41, 5.74) is 2.22. The molecule has 18 heavy (non-hydrogen) atoms. The molecule has 0 atom stereocenters. The molecule has 0 saturated heterocycles. The lowest BCUT2D eigenvalue weighted by Gasteiger charge is -2.06. The fourth-order valence-corrected chi connectivity index (χ4v) is 2.29. The van der Waals surface area contributed by atoms with Gasteiger partial charge in [-0.2, -0.15) is 5.10 Å². The molecule has 4 nitrogen and oxygen atoms in total. The van der Waals surface area contributed by atoms with Crippen LogP contribution in [0.4, 0.5) is 0 Å². The van der Waals surface area contributed by atoms with E-state index in [0.717, 1.165) is 29.5 Å². The number of nitrogens with zero attached hydrogens (tertiary/aromatic N) is 4. The Labute approximate surface area is 106 Å². The lowest BCUT2D eigenvalue weighted by atomic mass is 10.2. The van der Waals surface area contributed by atoms with Crippen molar-refractivity contribution in [3.05, 3.63) is 30.5 Å². The first kappa shape index (κ1) is 10.2. The van der Waals surface area contributed by atoms with Crippen molar-refractivity contribution in [2.75, 3.05) is 0 Å². The van der Waals surface area contributed by atoms with Gasteiger partial charge in [0.2, 0.25) is 0 Å². The summed E-state index contributed by atoms with van der Waals surface area (Å²) in [5.74, 6) is 2.46. The van der Waals surface area contributed by atoms with Gasteiger partial charge in [0.1, 0.15) is 5.82 Å². The molecule has 4 heteroatoms. The van der Waals surface area contributed by atoms with Crippen LogP contribution < -0.4 is 0 Å². The van der Waals surface area contributed by atoms with Crippen molar-refractivity contribution < 1.29 is 0 Å². The molecule has 0 unspecified atom stereocenters. The van der Waals surface area contributed by atoms with Crippen LogP contribution in [-0.4, -0.2) is 19.7 Å². The summed E-state index contributed by atoms with van der Waals surface area (Å²) < 4.78 is 2.09. The molecule has 2 saturated carbocycles. The summed E-state index contributed by atoms with van der Waals surface area (Å²) in [7, 11) is 0. The van der Waals surface area contributed by atoms with E-state index >= 15 is 0 Å². The monoisotopic (exact) mass is 240 g/mol. The topological polar surface area (TPSA) is 43.6 Å². The van der Waals surface area contributed by atoms with Gasteiger partial charge in [0.15, 0.2) is 0 Å². The van der Waals surface area contributed by atoms with Crippen LogP contribution in [0.2, 0.25) is 0 Å². The first-order valence-corrected chi connectivity index (χ1v) is 6.74. The van der Waals surface area contributed by atoms with Gasteiger partial charge in [-0.15, -0.1) is 0 Å². The minimum atomic E-state index is 0.621. The number of hydrogen-bond acceptors (Lipinski definition) is 3. The lowest BCUT2D eigenvalue weighted by Crippen LogP contribution is -2.04. The van der Waals surface area contributed by atoms with Gasteiger partial charge in [0, 0.05) is 36.6 Å². The van der Waals surface area contributed by atoms with Crippen LogP contribution in [0.1, 0.15) is 37.4 Å². The number of hydrogen-bond donors (Lipinski definition) is 0. The standard InChI is InChI=1S/C14H16N4/c1-2-10(1)9-18-13(5-6-17-18)12-7-15-14(16-8-12)11-3-4-11/h5-8,10-11H,1-4,9H2. The van der Waals surface area contributed by atoms with Gasteiger partial charge < -0.3 is 0 Å². The Morgan fingerprint density at radius 1 is 1.11 bits per heavy atom. The van der Waals surface area contributed by atoms with Crippen LogP contribution in [0.5, 0.6) is 0 Å². The Morgan fingerprint density at radius 3 is 2.56 bits per heavy atom. The first-order valence-electron chi connectivity index (χ1n) is 6.74. The average Bonchev–Trinajstić information content (AvgIpc) is 3.29. The second-order valence-electron chi connectivity index (χ2n) is 5.45. The fourth-order valence-electron chi connectivity index (χ4n) is 2.29. The maximum atomic E-state index is 4.48. The zero-order valence-electron chi connectivity index (χ0n) is 10.3. The molecule has 0 amide bonds. The van der Waals surface area contributed by atoms with E-state index in [1.165, 1.54) is 25.7 Å². The summed E-state index contributed by atoms with van der Waals surface area (Å²) in [5, 5.41) is 4.40. The van der Waals surface area contributed by atoms with E-state index in [2.05, 4.69) is 25.8 Å². The smallest absolute Gasteiger partial charge is 0.131 e. The van der Waals surface area contributed by atoms with Gasteiger partial charge in [-0.3, -0.25) is 4.68 Å². The largest absolute Gasteiger partial charge is 0.264 e. The van der Waals surface area contributed by atoms with Gasteiger partial charge in [0.25, 0.3) is 0 Å². The predicted octanol–water partition coefficient (Wildman–Crippen LogP) is 2.63. The van der Waals surface area contributed by atoms with Gasteiger partial charge in [-0.1, -0.05) is 0 Å². The molecule has 2 aliphatic carbocycles. The molecule has 2 aromatic rings. The highest BCUT2D eigenvalue weighted by atomic mass is 15.3. The molecule has 0 radical (unpaired) electrons. The SMILES string of the molecule is c1cc(-c2cnc(C3CC3)nc2)n(CC2CC2)n1. The van der Waals surface area contributed by atoms with Crippen molar-refractivity contribution in [2.45, 2.75) is 38.1 Å². The summed E-state index contributed by atoms with van der Waals surface area (Å²) in [6, 6.07) is 2.05. The summed E-state index contributed by atoms with van der Waals surface area (Å²) in [4.78, 5) is 8.96. The highest BCUT2D eigenvalue weighted by molar-refractivity contribution is 5.56. The van der Waals surface area contributed by atoms with Crippen molar-refractivity contribution in [3.63, 3.8) is 0 Å². The third-order valence-corrected chi connectivity index (χ3v) is 3.75. The van der Waals surface area contributed by atoms with E-state index in [1.54, 1.807) is 0 Å². The van der Waals surface area contributed by atoms with Crippen molar-refractivity contribution in [2.24, 2.45) is 5.92 Å². The Balaban J connectivity index is 1.62. The molecule has 0 aliphatic heterocycles. The summed E-state index contributed by atoms with van der Waals surface area (Å²) >= 11 is 0. The maximum absolute atomic E-state index is 4.48. The zero-order chi connectivity index (χ0) is 11.9. The number of aromatic nitrogens is 4. The minimum Gasteiger partial charge on any atom is -0.264 e. The average molecular weight is 240 g/mol. The van der Waals surface area contributed by atoms with Gasteiger partial charge >= 0.3 is 0 Å². The Kier molecular flexibility index (Phi) is 2.22. The van der Waals surface area contributed by atoms with Crippen LogP contribution >= 0.6 is 0 Å². The van der Waals surface area contributed by atoms with Crippen molar-refractivity contribution >= 4 is 0 Å². The molecule has 4 rings (SSSR count). The highest BCUT2D eigenvalue weighted by Crippen LogP contribution is 2.38. The van der Waals surface area contributed by atoms with Crippen molar-refractivity contribution in [1.29, 1.82) is 0 Å². The molecular weight excluding hydrogens is 224 g/mol. The zero-order valence-corrected chi connectivity index (χ0v) is 10.3. The Hall–Kier alpha value is -1.71. The Morgan fingerprint density at radius 2 is 1.89 bits per heavy atom. The van der Waals surface area contributed by atoms with Crippen LogP contribution in [0.25, 0.3) is 11.3 Å². The quantitative estimate of drug-likeness (QED) is 0.825. The van der Waals surface area contributed by atoms with Gasteiger partial charge in [-0.25, -0.2) is 9.97 Å². The van der Waals surface area contributed by atoms with E-state index in [0.29, 0.717) is 5.92 Å². The van der Waals surface area contributed by atoms with Crippen LogP contribution in [0, 0.1) is 5.92 Å². The fraction of sp³-hybridized carbons (Fsp3) is 0.500. The maximum Gasteiger partial charge on any atom is 0.131 e. The Bertz CT molecular complexity index is 549. The van der Waals surface area contributed by atoms with Gasteiger partial charge in [0.05, 0.1) is 5.69 Å². The number of rotatable bonds is 4. The van der Waals surface area contributed by atoms with E-state index in [4.69, 9.17) is 0 Å². The van der Waals surface area contributed by atoms with Gasteiger partial charge in [-0.05, 0) is 37.7 Å². The second-order valence-corrected chi connectivity index (χ2v) is 5.45. The molecule has 2 heterocycles. The van der Waals surface area contributed by atoms with Crippen LogP contribution in [0.15, 0.2) is 24.7 Å². The molecule has 2 fully saturated rings. The molecule has 92 valence electrons. The van der Waals surface area contributed by atoms with E-state index in [-0.39, 0.29) is 0 Å². The highest BCUT2D eigenvalue weighted by Gasteiger charge is 2.26. The summed E-state index contributed by atoms with van der Waals surface area (Å²) in [6.07, 6.45) is 10.9. The first-order chi connectivity index (χ1) is 8.90. The predicted molar refractivity (Wildman–Crippen MR) is 68.0 cm³/mol. The third-order valence-electron chi connectivity index (χ3n) is 3.75. The van der Waals surface area contributed by atoms with Crippen molar-refractivity contribution in [1.82, 2.24) is 19.7 Å². The van der Waals surface area contributed by atoms with Crippen LogP contribution in [-0.2, 0) is 6.54 Å². The molecule has 0 N–H and O–H groups in total. The molecule has 0 spiro atoms. The van der Waals surface area contributed by atoms with E-state index in [9.17, 15) is 0 Å². The molecule has 2 aromatic heterocycles. The molecule has 0 aromatic carbocycles. The van der Waals surface area contributed by atoms with Crippen LogP contribution in [0.3, 0.4) is 0 Å². The minimum absolute atomic E-state index is 0.621. The molecule has 0 bridgehead atoms.